The zero-order valence-corrected chi connectivity index (χ0v) is 19.1. The summed E-state index contributed by atoms with van der Waals surface area (Å²) in [5, 5.41) is 3.96. The number of nitrogens with zero attached hydrogens (tertiary/aromatic N) is 2. The van der Waals surface area contributed by atoms with Crippen LogP contribution in [0.2, 0.25) is 0 Å². The predicted octanol–water partition coefficient (Wildman–Crippen LogP) is 4.39. The van der Waals surface area contributed by atoms with E-state index in [0.717, 1.165) is 44.3 Å². The van der Waals surface area contributed by atoms with E-state index in [4.69, 9.17) is 4.42 Å². The van der Waals surface area contributed by atoms with Gasteiger partial charge in [-0.3, -0.25) is 14.5 Å². The molecule has 33 heavy (non-hydrogen) atoms. The summed E-state index contributed by atoms with van der Waals surface area (Å²) >= 11 is 0. The van der Waals surface area contributed by atoms with Gasteiger partial charge in [0.2, 0.25) is 18.2 Å². The molecular formula is C27H33N3O3. The fourth-order valence-corrected chi connectivity index (χ4v) is 4.55. The first kappa shape index (κ1) is 23.1. The Bertz CT molecular complexity index is 994. The monoisotopic (exact) mass is 447 g/mol. The highest BCUT2D eigenvalue weighted by atomic mass is 16.4. The number of para-hydroxylation sites is 1. The zero-order valence-electron chi connectivity index (χ0n) is 19.1. The average molecular weight is 448 g/mol. The third-order valence-corrected chi connectivity index (χ3v) is 6.38. The Hall–Kier alpha value is -3.12. The maximum atomic E-state index is 13.2. The second kappa shape index (κ2) is 11.7. The van der Waals surface area contributed by atoms with Gasteiger partial charge >= 0.3 is 0 Å². The summed E-state index contributed by atoms with van der Waals surface area (Å²) in [6, 6.07) is 18.9. The Balaban J connectivity index is 1.44. The van der Waals surface area contributed by atoms with Crippen LogP contribution in [0, 0.1) is 0 Å². The first-order valence-corrected chi connectivity index (χ1v) is 12.0. The lowest BCUT2D eigenvalue weighted by Gasteiger charge is -2.29. The predicted molar refractivity (Wildman–Crippen MR) is 131 cm³/mol. The Labute approximate surface area is 195 Å². The second-order valence-electron chi connectivity index (χ2n) is 8.72. The molecule has 0 aliphatic carbocycles. The Morgan fingerprint density at radius 3 is 2.58 bits per heavy atom. The van der Waals surface area contributed by atoms with Gasteiger partial charge in [0.05, 0.1) is 0 Å². The van der Waals surface area contributed by atoms with Crippen molar-refractivity contribution in [1.29, 1.82) is 0 Å². The maximum Gasteiger partial charge on any atom is 0.243 e. The lowest BCUT2D eigenvalue weighted by Crippen LogP contribution is -2.47. The summed E-state index contributed by atoms with van der Waals surface area (Å²) in [6.45, 7) is 3.71. The van der Waals surface area contributed by atoms with E-state index >= 15 is 0 Å². The zero-order chi connectivity index (χ0) is 22.9. The van der Waals surface area contributed by atoms with Gasteiger partial charge in [0.25, 0.3) is 0 Å². The molecule has 1 atom stereocenters. The molecular weight excluding hydrogens is 414 g/mol. The van der Waals surface area contributed by atoms with E-state index in [1.165, 1.54) is 29.7 Å². The van der Waals surface area contributed by atoms with Crippen molar-refractivity contribution in [2.45, 2.75) is 44.6 Å². The number of nitrogens with one attached hydrogen (secondary N) is 1. The van der Waals surface area contributed by atoms with Crippen LogP contribution in [0.5, 0.6) is 0 Å². The van der Waals surface area contributed by atoms with Crippen molar-refractivity contribution in [3.63, 3.8) is 0 Å². The summed E-state index contributed by atoms with van der Waals surface area (Å²) < 4.78 is 5.93. The number of benzene rings is 2. The smallest absolute Gasteiger partial charge is 0.243 e. The second-order valence-corrected chi connectivity index (χ2v) is 8.72. The van der Waals surface area contributed by atoms with Crippen molar-refractivity contribution in [1.82, 2.24) is 10.2 Å². The van der Waals surface area contributed by atoms with Gasteiger partial charge in [-0.05, 0) is 63.4 Å². The van der Waals surface area contributed by atoms with Crippen molar-refractivity contribution in [3.05, 3.63) is 66.2 Å². The number of hydrogen-bond donors (Lipinski definition) is 1. The molecule has 6 nitrogen and oxygen atoms in total. The fraction of sp³-hybridized carbons (Fsp3) is 0.407. The summed E-state index contributed by atoms with van der Waals surface area (Å²) in [5.41, 5.74) is 1.87. The van der Waals surface area contributed by atoms with Gasteiger partial charge in [-0.15, -0.1) is 0 Å². The van der Waals surface area contributed by atoms with Gasteiger partial charge in [0.1, 0.15) is 11.6 Å². The molecule has 0 spiro atoms. The van der Waals surface area contributed by atoms with Gasteiger partial charge < -0.3 is 14.6 Å². The SMILES string of the molecule is O=CN(c1cc2ccccc2o1)[C@@H](CCCN1CCCCC1)C(=O)NCCc1ccccc1. The van der Waals surface area contributed by atoms with E-state index < -0.39 is 6.04 Å². The Morgan fingerprint density at radius 2 is 1.82 bits per heavy atom. The molecule has 0 bridgehead atoms. The number of piperidine rings is 1. The number of likely N-dealkylation sites (tertiary alicyclic amines) is 1. The minimum Gasteiger partial charge on any atom is -0.440 e. The Kier molecular flexibility index (Phi) is 8.14. The molecule has 174 valence electrons. The van der Waals surface area contributed by atoms with Gasteiger partial charge in [-0.25, -0.2) is 0 Å². The maximum absolute atomic E-state index is 13.2. The third-order valence-electron chi connectivity index (χ3n) is 6.38. The molecule has 6 heteroatoms. The summed E-state index contributed by atoms with van der Waals surface area (Å²) in [5.74, 6) is 0.268. The van der Waals surface area contributed by atoms with Crippen LogP contribution in [-0.2, 0) is 16.0 Å². The van der Waals surface area contributed by atoms with Crippen LogP contribution in [0.1, 0.15) is 37.7 Å². The van der Waals surface area contributed by atoms with E-state index in [0.29, 0.717) is 24.4 Å². The summed E-state index contributed by atoms with van der Waals surface area (Å²) in [6.07, 6.45) is 6.68. The minimum absolute atomic E-state index is 0.142. The number of amides is 2. The standard InChI is InChI=1S/C27H33N3O3/c31-21-30(26-20-23-12-5-6-14-25(23)33-26)24(13-9-19-29-17-7-2-8-18-29)27(32)28-16-15-22-10-3-1-4-11-22/h1,3-6,10-12,14,20-21,24H,2,7-9,13,15-19H2,(H,28,32)/t24-/m0/s1. The summed E-state index contributed by atoms with van der Waals surface area (Å²) in [4.78, 5) is 29.3. The van der Waals surface area contributed by atoms with Crippen LogP contribution in [0.3, 0.4) is 0 Å². The molecule has 2 aromatic carbocycles. The number of anilines is 1. The number of carbonyl (C=O) groups is 2. The highest BCUT2D eigenvalue weighted by Gasteiger charge is 2.28. The Morgan fingerprint density at radius 1 is 1.06 bits per heavy atom. The average Bonchev–Trinajstić information content (AvgIpc) is 3.28. The number of fused-ring (bicyclic) bond motifs is 1. The molecule has 1 aliphatic heterocycles. The van der Waals surface area contributed by atoms with Crippen LogP contribution < -0.4 is 10.2 Å². The molecule has 1 saturated heterocycles. The third kappa shape index (κ3) is 6.23. The molecule has 4 rings (SSSR count). The van der Waals surface area contributed by atoms with Crippen LogP contribution in [0.25, 0.3) is 11.0 Å². The first-order valence-electron chi connectivity index (χ1n) is 12.0. The van der Waals surface area contributed by atoms with Crippen LogP contribution in [-0.4, -0.2) is 49.4 Å². The molecule has 0 unspecified atom stereocenters. The first-order chi connectivity index (χ1) is 16.2. The number of rotatable bonds is 11. The van der Waals surface area contributed by atoms with Crippen molar-refractivity contribution < 1.29 is 14.0 Å². The van der Waals surface area contributed by atoms with Crippen molar-refractivity contribution in [2.24, 2.45) is 0 Å². The van der Waals surface area contributed by atoms with Gasteiger partial charge in [-0.1, -0.05) is 55.0 Å². The topological polar surface area (TPSA) is 65.8 Å². The van der Waals surface area contributed by atoms with Crippen LogP contribution in [0.4, 0.5) is 5.88 Å². The van der Waals surface area contributed by atoms with Crippen molar-refractivity contribution in [2.75, 3.05) is 31.1 Å². The molecule has 1 aliphatic rings. The number of carbonyl (C=O) groups excluding carboxylic acids is 2. The number of furan rings is 1. The van der Waals surface area contributed by atoms with Gasteiger partial charge in [0.15, 0.2) is 0 Å². The molecule has 3 aromatic rings. The molecule has 2 heterocycles. The number of hydrogen-bond acceptors (Lipinski definition) is 4. The van der Waals surface area contributed by atoms with Crippen molar-refractivity contribution >= 4 is 29.2 Å². The lowest BCUT2D eigenvalue weighted by atomic mass is 10.1. The molecule has 0 saturated carbocycles. The van der Waals surface area contributed by atoms with E-state index in [1.807, 2.05) is 60.7 Å². The quantitative estimate of drug-likeness (QED) is 0.443. The molecule has 2 amide bonds. The molecule has 1 N–H and O–H groups in total. The van der Waals surface area contributed by atoms with Crippen molar-refractivity contribution in [3.8, 4) is 0 Å². The van der Waals surface area contributed by atoms with E-state index in [1.54, 1.807) is 0 Å². The lowest BCUT2D eigenvalue weighted by molar-refractivity contribution is -0.124. The molecule has 0 radical (unpaired) electrons. The highest BCUT2D eigenvalue weighted by molar-refractivity contribution is 5.93. The van der Waals surface area contributed by atoms with E-state index in [9.17, 15) is 9.59 Å². The van der Waals surface area contributed by atoms with Gasteiger partial charge in [0, 0.05) is 18.0 Å². The van der Waals surface area contributed by atoms with Crippen LogP contribution >= 0.6 is 0 Å². The van der Waals surface area contributed by atoms with Crippen LogP contribution in [0.15, 0.2) is 65.1 Å². The normalized spacial score (nSPS) is 15.3. The highest BCUT2D eigenvalue weighted by Crippen LogP contribution is 2.27. The summed E-state index contributed by atoms with van der Waals surface area (Å²) in [7, 11) is 0. The van der Waals surface area contributed by atoms with E-state index in [2.05, 4.69) is 10.2 Å². The molecule has 1 fully saturated rings. The van der Waals surface area contributed by atoms with Gasteiger partial charge in [-0.2, -0.15) is 0 Å². The largest absolute Gasteiger partial charge is 0.440 e. The minimum atomic E-state index is -0.608. The fourth-order valence-electron chi connectivity index (χ4n) is 4.55. The molecule has 1 aromatic heterocycles. The van der Waals surface area contributed by atoms with E-state index in [-0.39, 0.29) is 5.91 Å².